The van der Waals surface area contributed by atoms with Crippen LogP contribution in [0.25, 0.3) is 0 Å². The molecule has 0 fully saturated rings. The quantitative estimate of drug-likeness (QED) is 0.675. The predicted molar refractivity (Wildman–Crippen MR) is 117 cm³/mol. The molecule has 160 valence electrons. The second-order valence-corrected chi connectivity index (χ2v) is 7.90. The minimum atomic E-state index is -0.773. The highest BCUT2D eigenvalue weighted by molar-refractivity contribution is 7.08. The normalized spacial score (nSPS) is 15.3. The van der Waals surface area contributed by atoms with Gasteiger partial charge in [0.15, 0.2) is 6.10 Å². The molecule has 1 aliphatic rings. The Kier molecular flexibility index (Phi) is 7.46. The van der Waals surface area contributed by atoms with E-state index in [1.54, 1.807) is 28.5 Å². The molecule has 0 spiro atoms. The zero-order chi connectivity index (χ0) is 21.5. The summed E-state index contributed by atoms with van der Waals surface area (Å²) in [5.74, 6) is -0.0866. The second-order valence-electron chi connectivity index (χ2n) is 7.12. The van der Waals surface area contributed by atoms with Crippen LogP contribution in [0.1, 0.15) is 43.5 Å². The molecule has 1 aromatic carbocycles. The van der Waals surface area contributed by atoms with Gasteiger partial charge in [0.1, 0.15) is 5.75 Å². The number of para-hydroxylation sites is 2. The summed E-state index contributed by atoms with van der Waals surface area (Å²) in [6.45, 7) is 4.40. The first kappa shape index (κ1) is 21.8. The fourth-order valence-corrected chi connectivity index (χ4v) is 3.94. The third kappa shape index (κ3) is 5.18. The van der Waals surface area contributed by atoms with Crippen molar-refractivity contribution in [1.29, 1.82) is 0 Å². The van der Waals surface area contributed by atoms with E-state index in [1.807, 2.05) is 31.4 Å². The smallest absolute Gasteiger partial charge is 0.263 e. The van der Waals surface area contributed by atoms with Crippen LogP contribution in [-0.4, -0.2) is 43.0 Å². The molecule has 1 unspecified atom stereocenters. The topological polar surface area (TPSA) is 87.7 Å². The monoisotopic (exact) mass is 429 g/mol. The molecule has 1 atom stereocenters. The summed E-state index contributed by atoms with van der Waals surface area (Å²) in [6, 6.07) is 9.00. The van der Waals surface area contributed by atoms with Gasteiger partial charge in [-0.15, -0.1) is 0 Å². The number of ether oxygens (including phenoxy) is 1. The van der Waals surface area contributed by atoms with E-state index in [9.17, 15) is 14.4 Å². The fourth-order valence-electron chi connectivity index (χ4n) is 3.31. The van der Waals surface area contributed by atoms with Gasteiger partial charge in [0.05, 0.1) is 12.2 Å². The van der Waals surface area contributed by atoms with Crippen LogP contribution in [0.4, 0.5) is 5.69 Å². The highest BCUT2D eigenvalue weighted by Gasteiger charge is 2.34. The Morgan fingerprint density at radius 1 is 1.20 bits per heavy atom. The Labute approximate surface area is 180 Å². The van der Waals surface area contributed by atoms with Crippen molar-refractivity contribution in [2.75, 3.05) is 18.0 Å². The Bertz CT molecular complexity index is 880. The molecule has 3 amide bonds. The molecule has 1 aromatic heterocycles. The molecule has 3 rings (SSSR count). The first-order chi connectivity index (χ1) is 14.5. The maximum absolute atomic E-state index is 12.9. The first-order valence-electron chi connectivity index (χ1n) is 10.2. The van der Waals surface area contributed by atoms with E-state index in [4.69, 9.17) is 4.74 Å². The van der Waals surface area contributed by atoms with Gasteiger partial charge in [-0.25, -0.2) is 0 Å². The SMILES string of the molecule is CCC(CC)NC(=O)C1CN(C(=O)CCNC(=O)c2ccsc2)c2ccccc2O1. The molecule has 0 saturated heterocycles. The van der Waals surface area contributed by atoms with Crippen molar-refractivity contribution >= 4 is 34.7 Å². The number of benzene rings is 1. The largest absolute Gasteiger partial charge is 0.477 e. The van der Waals surface area contributed by atoms with E-state index < -0.39 is 6.10 Å². The van der Waals surface area contributed by atoms with Crippen molar-refractivity contribution in [3.8, 4) is 5.75 Å². The van der Waals surface area contributed by atoms with E-state index in [2.05, 4.69) is 10.6 Å². The summed E-state index contributed by atoms with van der Waals surface area (Å²) in [4.78, 5) is 39.3. The van der Waals surface area contributed by atoms with E-state index >= 15 is 0 Å². The predicted octanol–water partition coefficient (Wildman–Crippen LogP) is 2.97. The standard InChI is InChI=1S/C22H27N3O4S/c1-3-16(4-2)24-22(28)19-13-25(17-7-5-6-8-18(17)29-19)20(26)9-11-23-21(27)15-10-12-30-14-15/h5-8,10,12,14,16,19H,3-4,9,11,13H2,1-2H3,(H,23,27)(H,24,28). The average molecular weight is 430 g/mol. The van der Waals surface area contributed by atoms with E-state index in [0.717, 1.165) is 12.8 Å². The summed E-state index contributed by atoms with van der Waals surface area (Å²) < 4.78 is 5.88. The maximum atomic E-state index is 12.9. The van der Waals surface area contributed by atoms with Crippen LogP contribution in [0.5, 0.6) is 5.75 Å². The van der Waals surface area contributed by atoms with Crippen molar-refractivity contribution in [2.24, 2.45) is 0 Å². The number of carbonyl (C=O) groups is 3. The molecule has 0 saturated carbocycles. The molecule has 2 N–H and O–H groups in total. The third-order valence-electron chi connectivity index (χ3n) is 5.11. The van der Waals surface area contributed by atoms with Gasteiger partial charge in [0, 0.05) is 30.0 Å². The summed E-state index contributed by atoms with van der Waals surface area (Å²) in [6.07, 6.45) is 1.02. The number of thiophene rings is 1. The van der Waals surface area contributed by atoms with E-state index in [0.29, 0.717) is 17.0 Å². The summed E-state index contributed by atoms with van der Waals surface area (Å²) >= 11 is 1.45. The van der Waals surface area contributed by atoms with Crippen molar-refractivity contribution in [3.05, 3.63) is 46.7 Å². The van der Waals surface area contributed by atoms with E-state index in [1.165, 1.54) is 11.3 Å². The Morgan fingerprint density at radius 2 is 1.97 bits per heavy atom. The lowest BCUT2D eigenvalue weighted by molar-refractivity contribution is -0.129. The van der Waals surface area contributed by atoms with Crippen LogP contribution >= 0.6 is 11.3 Å². The Hall–Kier alpha value is -2.87. The van der Waals surface area contributed by atoms with Crippen LogP contribution in [0, 0.1) is 0 Å². The number of hydrogen-bond donors (Lipinski definition) is 2. The molecule has 0 radical (unpaired) electrons. The molecule has 7 nitrogen and oxygen atoms in total. The van der Waals surface area contributed by atoms with Crippen LogP contribution in [-0.2, 0) is 9.59 Å². The highest BCUT2D eigenvalue weighted by Crippen LogP contribution is 2.33. The summed E-state index contributed by atoms with van der Waals surface area (Å²) in [7, 11) is 0. The van der Waals surface area contributed by atoms with Gasteiger partial charge in [0.25, 0.3) is 11.8 Å². The number of rotatable bonds is 8. The molecule has 2 aromatic rings. The van der Waals surface area contributed by atoms with Gasteiger partial charge in [-0.1, -0.05) is 26.0 Å². The van der Waals surface area contributed by atoms with Gasteiger partial charge in [-0.2, -0.15) is 11.3 Å². The van der Waals surface area contributed by atoms with Crippen LogP contribution in [0.15, 0.2) is 41.1 Å². The second kappa shape index (κ2) is 10.2. The van der Waals surface area contributed by atoms with Crippen LogP contribution < -0.4 is 20.3 Å². The zero-order valence-electron chi connectivity index (χ0n) is 17.2. The lowest BCUT2D eigenvalue weighted by Crippen LogP contribution is -2.52. The molecule has 1 aliphatic heterocycles. The lowest BCUT2D eigenvalue weighted by atomic mass is 10.1. The molecule has 30 heavy (non-hydrogen) atoms. The number of carbonyl (C=O) groups excluding carboxylic acids is 3. The maximum Gasteiger partial charge on any atom is 0.263 e. The number of nitrogens with zero attached hydrogens (tertiary/aromatic N) is 1. The minimum Gasteiger partial charge on any atom is -0.477 e. The highest BCUT2D eigenvalue weighted by atomic mass is 32.1. The summed E-state index contributed by atoms with van der Waals surface area (Å²) in [5, 5.41) is 9.35. The summed E-state index contributed by atoms with van der Waals surface area (Å²) in [5.41, 5.74) is 1.22. The fraction of sp³-hybridized carbons (Fsp3) is 0.409. The van der Waals surface area contributed by atoms with Gasteiger partial charge in [-0.05, 0) is 36.4 Å². The number of fused-ring (bicyclic) bond motifs is 1. The number of amides is 3. The van der Waals surface area contributed by atoms with Gasteiger partial charge in [0.2, 0.25) is 5.91 Å². The Balaban J connectivity index is 1.65. The molecule has 0 aliphatic carbocycles. The van der Waals surface area contributed by atoms with Crippen molar-refractivity contribution in [2.45, 2.75) is 45.3 Å². The van der Waals surface area contributed by atoms with Crippen LogP contribution in [0.3, 0.4) is 0 Å². The van der Waals surface area contributed by atoms with Crippen molar-refractivity contribution in [3.63, 3.8) is 0 Å². The van der Waals surface area contributed by atoms with Crippen molar-refractivity contribution < 1.29 is 19.1 Å². The van der Waals surface area contributed by atoms with E-state index in [-0.39, 0.29) is 43.3 Å². The van der Waals surface area contributed by atoms with Gasteiger partial charge < -0.3 is 20.3 Å². The Morgan fingerprint density at radius 3 is 2.67 bits per heavy atom. The molecule has 8 heteroatoms. The minimum absolute atomic E-state index is 0.0785. The average Bonchev–Trinajstić information content (AvgIpc) is 3.31. The van der Waals surface area contributed by atoms with Crippen LogP contribution in [0.2, 0.25) is 0 Å². The van der Waals surface area contributed by atoms with Gasteiger partial charge in [-0.3, -0.25) is 14.4 Å². The zero-order valence-corrected chi connectivity index (χ0v) is 18.0. The first-order valence-corrected chi connectivity index (χ1v) is 11.1. The number of hydrogen-bond acceptors (Lipinski definition) is 5. The van der Waals surface area contributed by atoms with Gasteiger partial charge >= 0.3 is 0 Å². The lowest BCUT2D eigenvalue weighted by Gasteiger charge is -2.34. The number of nitrogens with one attached hydrogen (secondary N) is 2. The molecular formula is C22H27N3O4S. The molecule has 0 bridgehead atoms. The number of anilines is 1. The third-order valence-corrected chi connectivity index (χ3v) is 5.79. The molecular weight excluding hydrogens is 402 g/mol. The molecule has 2 heterocycles. The van der Waals surface area contributed by atoms with Crippen molar-refractivity contribution in [1.82, 2.24) is 10.6 Å².